The fourth-order valence-corrected chi connectivity index (χ4v) is 6.35. The van der Waals surface area contributed by atoms with E-state index in [4.69, 9.17) is 0 Å². The second-order valence-corrected chi connectivity index (χ2v) is 9.77. The van der Waals surface area contributed by atoms with Crippen molar-refractivity contribution >= 4 is 5.91 Å². The Kier molecular flexibility index (Phi) is 6.66. The van der Waals surface area contributed by atoms with Gasteiger partial charge in [-0.2, -0.15) is 0 Å². The molecule has 0 radical (unpaired) electrons. The number of piperidine rings is 1. The van der Waals surface area contributed by atoms with Crippen LogP contribution in [0.4, 0.5) is 0 Å². The van der Waals surface area contributed by atoms with Crippen LogP contribution in [0.3, 0.4) is 0 Å². The van der Waals surface area contributed by atoms with Crippen molar-refractivity contribution < 1.29 is 9.90 Å². The third-order valence-corrected chi connectivity index (χ3v) is 7.93. The molecule has 5 heteroatoms. The van der Waals surface area contributed by atoms with Gasteiger partial charge in [-0.05, 0) is 86.9 Å². The minimum Gasteiger partial charge on any atom is -0.508 e. The zero-order chi connectivity index (χ0) is 22.9. The van der Waals surface area contributed by atoms with E-state index in [1.807, 2.05) is 12.1 Å². The molecule has 174 valence electrons. The number of phenolic OH excluding ortho intramolecular Hbond substituents is 1. The van der Waals surface area contributed by atoms with E-state index in [9.17, 15) is 9.90 Å². The van der Waals surface area contributed by atoms with Crippen LogP contribution in [0.2, 0.25) is 0 Å². The number of fused-ring (bicyclic) bond motifs is 2. The SMILES string of the molecule is CCCN(CCC)C(=O)[C@@H]1C2Cc3c(C)c[nH]c3C[C@]2(c2cccc(O)c2)CCN1CC. The first kappa shape index (κ1) is 22.9. The highest BCUT2D eigenvalue weighted by Gasteiger charge is 2.54. The molecule has 1 unspecified atom stereocenters. The molecule has 1 fully saturated rings. The summed E-state index contributed by atoms with van der Waals surface area (Å²) in [5, 5.41) is 10.3. The molecule has 0 spiro atoms. The number of amides is 1. The molecular formula is C27H39N3O2. The van der Waals surface area contributed by atoms with Crippen molar-refractivity contribution in [3.05, 3.63) is 52.8 Å². The number of benzene rings is 1. The number of H-pyrrole nitrogens is 1. The summed E-state index contributed by atoms with van der Waals surface area (Å²) in [7, 11) is 0. The van der Waals surface area contributed by atoms with Gasteiger partial charge in [0.15, 0.2) is 0 Å². The Morgan fingerprint density at radius 2 is 2.00 bits per heavy atom. The first-order chi connectivity index (χ1) is 15.4. The van der Waals surface area contributed by atoms with Gasteiger partial charge in [-0.15, -0.1) is 0 Å². The molecule has 32 heavy (non-hydrogen) atoms. The summed E-state index contributed by atoms with van der Waals surface area (Å²) in [6, 6.07) is 7.67. The third kappa shape index (κ3) is 3.85. The van der Waals surface area contributed by atoms with Crippen molar-refractivity contribution in [3.8, 4) is 5.75 Å². The molecule has 3 atom stereocenters. The Morgan fingerprint density at radius 1 is 1.25 bits per heavy atom. The van der Waals surface area contributed by atoms with E-state index in [1.165, 1.54) is 22.4 Å². The van der Waals surface area contributed by atoms with Gasteiger partial charge >= 0.3 is 0 Å². The molecule has 1 saturated heterocycles. The number of aromatic hydroxyl groups is 1. The van der Waals surface area contributed by atoms with Crippen LogP contribution in [-0.4, -0.2) is 58.0 Å². The number of carbonyl (C=O) groups excluding carboxylic acids is 1. The van der Waals surface area contributed by atoms with Crippen LogP contribution in [0.1, 0.15) is 62.4 Å². The van der Waals surface area contributed by atoms with Gasteiger partial charge in [0.1, 0.15) is 5.75 Å². The van der Waals surface area contributed by atoms with Gasteiger partial charge in [0, 0.05) is 30.4 Å². The zero-order valence-electron chi connectivity index (χ0n) is 20.2. The molecular weight excluding hydrogens is 398 g/mol. The van der Waals surface area contributed by atoms with Crippen LogP contribution in [0, 0.1) is 12.8 Å². The molecule has 2 aromatic rings. The maximum Gasteiger partial charge on any atom is 0.240 e. The monoisotopic (exact) mass is 437 g/mol. The van der Waals surface area contributed by atoms with Crippen LogP contribution in [-0.2, 0) is 23.1 Å². The average Bonchev–Trinajstić information content (AvgIpc) is 3.15. The van der Waals surface area contributed by atoms with Crippen LogP contribution in [0.15, 0.2) is 30.5 Å². The highest BCUT2D eigenvalue weighted by atomic mass is 16.3. The maximum absolute atomic E-state index is 14.1. The predicted octanol–water partition coefficient (Wildman–Crippen LogP) is 4.42. The largest absolute Gasteiger partial charge is 0.508 e. The van der Waals surface area contributed by atoms with Crippen LogP contribution in [0.25, 0.3) is 0 Å². The van der Waals surface area contributed by atoms with Crippen LogP contribution >= 0.6 is 0 Å². The number of phenols is 1. The number of nitrogens with one attached hydrogen (secondary N) is 1. The Labute approximate surface area is 192 Å². The predicted molar refractivity (Wildman–Crippen MR) is 129 cm³/mol. The first-order valence-corrected chi connectivity index (χ1v) is 12.4. The maximum atomic E-state index is 14.1. The van der Waals surface area contributed by atoms with Crippen LogP contribution in [0.5, 0.6) is 5.75 Å². The van der Waals surface area contributed by atoms with E-state index >= 15 is 0 Å². The lowest BCUT2D eigenvalue weighted by molar-refractivity contribution is -0.143. The van der Waals surface area contributed by atoms with Gasteiger partial charge in [0.2, 0.25) is 5.91 Å². The number of rotatable bonds is 7. The molecule has 5 nitrogen and oxygen atoms in total. The molecule has 2 heterocycles. The Bertz CT molecular complexity index is 946. The van der Waals surface area contributed by atoms with E-state index in [0.717, 1.165) is 58.3 Å². The summed E-state index contributed by atoms with van der Waals surface area (Å²) in [5.74, 6) is 0.786. The lowest BCUT2D eigenvalue weighted by atomic mass is 9.56. The molecule has 1 amide bonds. The van der Waals surface area contributed by atoms with Crippen molar-refractivity contribution in [1.29, 1.82) is 0 Å². The number of aromatic nitrogens is 1. The molecule has 0 saturated carbocycles. The standard InChI is InChI=1S/C27H39N3O2/c1-5-12-30(13-6-2)26(32)25-23-16-22-19(4)18-28-24(22)17-27(23,11-14-29(25)7-3)20-9-8-10-21(31)15-20/h8-10,15,18,23,25,28,31H,5-7,11-14,16-17H2,1-4H3/t23?,25-,27-/m0/s1. The second-order valence-electron chi connectivity index (χ2n) is 9.77. The average molecular weight is 438 g/mol. The lowest BCUT2D eigenvalue weighted by Gasteiger charge is -2.55. The van der Waals surface area contributed by atoms with Gasteiger partial charge in [-0.25, -0.2) is 0 Å². The van der Waals surface area contributed by atoms with Crippen LogP contribution < -0.4 is 0 Å². The van der Waals surface area contributed by atoms with Crippen molar-refractivity contribution in [1.82, 2.24) is 14.8 Å². The summed E-state index contributed by atoms with van der Waals surface area (Å²) in [4.78, 5) is 22.2. The summed E-state index contributed by atoms with van der Waals surface area (Å²) >= 11 is 0. The molecule has 0 bridgehead atoms. The normalized spacial score (nSPS) is 25.2. The molecule has 1 aliphatic heterocycles. The molecule has 4 rings (SSSR count). The highest BCUT2D eigenvalue weighted by Crippen LogP contribution is 2.51. The molecule has 1 aromatic carbocycles. The zero-order valence-corrected chi connectivity index (χ0v) is 20.2. The topological polar surface area (TPSA) is 59.6 Å². The van der Waals surface area contributed by atoms with E-state index < -0.39 is 0 Å². The summed E-state index contributed by atoms with van der Waals surface area (Å²) in [5.41, 5.74) is 5.00. The van der Waals surface area contributed by atoms with Gasteiger partial charge in [-0.3, -0.25) is 9.69 Å². The van der Waals surface area contributed by atoms with Crippen molar-refractivity contribution in [2.45, 2.75) is 71.3 Å². The number of nitrogens with zero attached hydrogens (tertiary/aromatic N) is 2. The smallest absolute Gasteiger partial charge is 0.240 e. The van der Waals surface area contributed by atoms with E-state index in [1.54, 1.807) is 6.07 Å². The number of hydrogen-bond acceptors (Lipinski definition) is 3. The van der Waals surface area contributed by atoms with Gasteiger partial charge in [0.05, 0.1) is 6.04 Å². The van der Waals surface area contributed by atoms with Crippen molar-refractivity contribution in [2.75, 3.05) is 26.2 Å². The number of likely N-dealkylation sites (tertiary alicyclic amines) is 1. The number of likely N-dealkylation sites (N-methyl/N-ethyl adjacent to an activating group) is 1. The minimum absolute atomic E-state index is 0.128. The van der Waals surface area contributed by atoms with Crippen molar-refractivity contribution in [2.24, 2.45) is 5.92 Å². The summed E-state index contributed by atoms with van der Waals surface area (Å²) in [6.07, 6.45) is 6.87. The first-order valence-electron chi connectivity index (χ1n) is 12.4. The Hall–Kier alpha value is -2.27. The lowest BCUT2D eigenvalue weighted by Crippen LogP contribution is -2.64. The summed E-state index contributed by atoms with van der Waals surface area (Å²) in [6.45, 7) is 12.1. The molecule has 2 N–H and O–H groups in total. The number of aromatic amines is 1. The number of hydrogen-bond donors (Lipinski definition) is 2. The highest BCUT2D eigenvalue weighted by molar-refractivity contribution is 5.83. The summed E-state index contributed by atoms with van der Waals surface area (Å²) < 4.78 is 0. The van der Waals surface area contributed by atoms with E-state index in [2.05, 4.69) is 54.7 Å². The third-order valence-electron chi connectivity index (χ3n) is 7.93. The Balaban J connectivity index is 1.84. The molecule has 2 aliphatic rings. The fraction of sp³-hybridized carbons (Fsp3) is 0.593. The fourth-order valence-electron chi connectivity index (χ4n) is 6.35. The Morgan fingerprint density at radius 3 is 2.66 bits per heavy atom. The number of carbonyl (C=O) groups is 1. The molecule has 1 aromatic heterocycles. The quantitative estimate of drug-likeness (QED) is 0.674. The van der Waals surface area contributed by atoms with E-state index in [0.29, 0.717) is 11.7 Å². The minimum atomic E-state index is -0.154. The van der Waals surface area contributed by atoms with Gasteiger partial charge in [0.25, 0.3) is 0 Å². The van der Waals surface area contributed by atoms with Gasteiger partial charge in [-0.1, -0.05) is 32.9 Å². The van der Waals surface area contributed by atoms with E-state index in [-0.39, 0.29) is 17.4 Å². The number of aryl methyl sites for hydroxylation is 1. The second kappa shape index (κ2) is 9.30. The van der Waals surface area contributed by atoms with Crippen molar-refractivity contribution in [3.63, 3.8) is 0 Å². The molecule has 1 aliphatic carbocycles. The van der Waals surface area contributed by atoms with Gasteiger partial charge < -0.3 is 15.0 Å².